The van der Waals surface area contributed by atoms with Crippen LogP contribution in [0.15, 0.2) is 58.2 Å². The van der Waals surface area contributed by atoms with Crippen LogP contribution in [0.3, 0.4) is 0 Å². The third-order valence-corrected chi connectivity index (χ3v) is 8.36. The molecule has 7 heteroatoms. The Labute approximate surface area is 202 Å². The van der Waals surface area contributed by atoms with Crippen molar-refractivity contribution in [1.29, 1.82) is 0 Å². The molecule has 1 saturated heterocycles. The van der Waals surface area contributed by atoms with Crippen molar-refractivity contribution in [2.45, 2.75) is 69.9 Å². The molecule has 0 unspecified atom stereocenters. The Morgan fingerprint density at radius 3 is 2.44 bits per heavy atom. The zero-order valence-corrected chi connectivity index (χ0v) is 21.2. The first-order chi connectivity index (χ1) is 16.1. The van der Waals surface area contributed by atoms with Crippen molar-refractivity contribution in [2.24, 2.45) is 0 Å². The number of H-pyrrole nitrogens is 1. The Bertz CT molecular complexity index is 1320. The Hall–Kier alpha value is -2.48. The lowest BCUT2D eigenvalue weighted by molar-refractivity contribution is 0.0925. The van der Waals surface area contributed by atoms with Crippen molar-refractivity contribution in [3.05, 3.63) is 75.6 Å². The summed E-state index contributed by atoms with van der Waals surface area (Å²) in [6.45, 7) is 9.20. The van der Waals surface area contributed by atoms with Crippen LogP contribution in [0.1, 0.15) is 57.2 Å². The summed E-state index contributed by atoms with van der Waals surface area (Å²) in [6.07, 6.45) is 2.43. The van der Waals surface area contributed by atoms with E-state index in [-0.39, 0.29) is 35.1 Å². The summed E-state index contributed by atoms with van der Waals surface area (Å²) in [5, 5.41) is 0.901. The van der Waals surface area contributed by atoms with Gasteiger partial charge in [-0.2, -0.15) is 4.31 Å². The van der Waals surface area contributed by atoms with E-state index in [2.05, 4.69) is 32.7 Å². The summed E-state index contributed by atoms with van der Waals surface area (Å²) in [5.74, 6) is 0. The van der Waals surface area contributed by atoms with Gasteiger partial charge in [0.2, 0.25) is 10.0 Å². The normalized spacial score (nSPS) is 17.0. The average molecular weight is 483 g/mol. The molecule has 0 spiro atoms. The van der Waals surface area contributed by atoms with Crippen LogP contribution >= 0.6 is 0 Å². The number of nitrogens with zero attached hydrogens (tertiary/aromatic N) is 1. The third kappa shape index (κ3) is 5.27. The summed E-state index contributed by atoms with van der Waals surface area (Å²) in [6, 6.07) is 14.8. The molecule has 1 aliphatic heterocycles. The number of nitrogens with one attached hydrogen (secondary N) is 1. The van der Waals surface area contributed by atoms with Gasteiger partial charge < -0.3 is 9.72 Å². The highest BCUT2D eigenvalue weighted by Crippen LogP contribution is 2.26. The number of aromatic amines is 1. The van der Waals surface area contributed by atoms with Crippen LogP contribution in [0, 0.1) is 0 Å². The molecule has 0 radical (unpaired) electrons. The van der Waals surface area contributed by atoms with Crippen LogP contribution in [-0.2, 0) is 33.1 Å². The molecule has 0 amide bonds. The first kappa shape index (κ1) is 24.6. The van der Waals surface area contributed by atoms with E-state index >= 15 is 0 Å². The monoisotopic (exact) mass is 482 g/mol. The smallest absolute Gasteiger partial charge is 0.252 e. The predicted molar refractivity (Wildman–Crippen MR) is 136 cm³/mol. The van der Waals surface area contributed by atoms with E-state index in [9.17, 15) is 13.2 Å². The number of sulfonamides is 1. The van der Waals surface area contributed by atoms with Gasteiger partial charge in [-0.25, -0.2) is 8.42 Å². The van der Waals surface area contributed by atoms with Gasteiger partial charge in [0.25, 0.3) is 5.56 Å². The molecule has 0 aliphatic carbocycles. The van der Waals surface area contributed by atoms with E-state index in [0.717, 1.165) is 41.3 Å². The molecule has 2 heterocycles. The summed E-state index contributed by atoms with van der Waals surface area (Å²) in [5.41, 5.74) is 3.05. The second-order valence-corrected chi connectivity index (χ2v) is 12.0. The van der Waals surface area contributed by atoms with Gasteiger partial charge in [-0.1, -0.05) is 45.9 Å². The number of aryl methyl sites for hydroxylation is 1. The molecular weight excluding hydrogens is 448 g/mol. The van der Waals surface area contributed by atoms with Gasteiger partial charge >= 0.3 is 0 Å². The molecular formula is C27H34N2O4S. The van der Waals surface area contributed by atoms with Crippen molar-refractivity contribution in [3.8, 4) is 0 Å². The number of pyridine rings is 1. The molecule has 0 saturated carbocycles. The Morgan fingerprint density at radius 1 is 1.09 bits per heavy atom. The highest BCUT2D eigenvalue weighted by Gasteiger charge is 2.30. The highest BCUT2D eigenvalue weighted by atomic mass is 32.2. The molecule has 2 aromatic carbocycles. The van der Waals surface area contributed by atoms with Crippen molar-refractivity contribution in [1.82, 2.24) is 9.29 Å². The molecule has 1 aliphatic rings. The SMILES string of the molecule is CCc1ccc2[nH]c(=O)c(CN(C[C@H]3CCCO3)S(=O)(=O)c3ccc(C(C)(C)C)cc3)cc2c1. The molecule has 4 rings (SSSR count). The van der Waals surface area contributed by atoms with Gasteiger partial charge in [-0.3, -0.25) is 4.79 Å². The van der Waals surface area contributed by atoms with Crippen LogP contribution < -0.4 is 5.56 Å². The van der Waals surface area contributed by atoms with Gasteiger partial charge in [0.1, 0.15) is 0 Å². The van der Waals surface area contributed by atoms with Crippen LogP contribution in [0.4, 0.5) is 0 Å². The number of hydrogen-bond acceptors (Lipinski definition) is 4. The maximum Gasteiger partial charge on any atom is 0.252 e. The summed E-state index contributed by atoms with van der Waals surface area (Å²) in [4.78, 5) is 16.0. The highest BCUT2D eigenvalue weighted by molar-refractivity contribution is 7.89. The van der Waals surface area contributed by atoms with Crippen LogP contribution in [0.25, 0.3) is 10.9 Å². The first-order valence-electron chi connectivity index (χ1n) is 11.9. The molecule has 1 fully saturated rings. The van der Waals surface area contributed by atoms with Gasteiger partial charge in [0, 0.05) is 30.8 Å². The molecule has 1 atom stereocenters. The average Bonchev–Trinajstić information content (AvgIpc) is 3.31. The van der Waals surface area contributed by atoms with Crippen molar-refractivity contribution in [2.75, 3.05) is 13.2 Å². The van der Waals surface area contributed by atoms with Crippen molar-refractivity contribution in [3.63, 3.8) is 0 Å². The molecule has 1 aromatic heterocycles. The lowest BCUT2D eigenvalue weighted by Gasteiger charge is -2.25. The molecule has 0 bridgehead atoms. The fourth-order valence-corrected chi connectivity index (χ4v) is 5.82. The van der Waals surface area contributed by atoms with E-state index in [0.29, 0.717) is 12.2 Å². The minimum atomic E-state index is -3.83. The van der Waals surface area contributed by atoms with E-state index in [1.165, 1.54) is 4.31 Å². The number of aromatic nitrogens is 1. The largest absolute Gasteiger partial charge is 0.377 e. The second kappa shape index (κ2) is 9.64. The van der Waals surface area contributed by atoms with E-state index < -0.39 is 10.0 Å². The van der Waals surface area contributed by atoms with Crippen molar-refractivity contribution >= 4 is 20.9 Å². The number of hydrogen-bond donors (Lipinski definition) is 1. The van der Waals surface area contributed by atoms with Crippen LogP contribution in [0.2, 0.25) is 0 Å². The fraction of sp³-hybridized carbons (Fsp3) is 0.444. The maximum absolute atomic E-state index is 13.7. The maximum atomic E-state index is 13.7. The zero-order valence-electron chi connectivity index (χ0n) is 20.4. The van der Waals surface area contributed by atoms with Crippen LogP contribution in [-0.4, -0.2) is 37.0 Å². The fourth-order valence-electron chi connectivity index (χ4n) is 4.37. The summed E-state index contributed by atoms with van der Waals surface area (Å²) in [7, 11) is -3.83. The summed E-state index contributed by atoms with van der Waals surface area (Å²) >= 11 is 0. The molecule has 1 N–H and O–H groups in total. The minimum absolute atomic E-state index is 0.00909. The zero-order chi connectivity index (χ0) is 24.5. The number of fused-ring (bicyclic) bond motifs is 1. The number of ether oxygens (including phenoxy) is 1. The topological polar surface area (TPSA) is 79.5 Å². The second-order valence-electron chi connectivity index (χ2n) is 10.1. The van der Waals surface area contributed by atoms with Gasteiger partial charge in [0.15, 0.2) is 0 Å². The Kier molecular flexibility index (Phi) is 6.99. The predicted octanol–water partition coefficient (Wildman–Crippen LogP) is 4.76. The third-order valence-electron chi connectivity index (χ3n) is 6.53. The van der Waals surface area contributed by atoms with Crippen LogP contribution in [0.5, 0.6) is 0 Å². The Balaban J connectivity index is 1.71. The van der Waals surface area contributed by atoms with E-state index in [1.54, 1.807) is 12.1 Å². The molecule has 182 valence electrons. The van der Waals surface area contributed by atoms with Gasteiger partial charge in [0.05, 0.1) is 11.0 Å². The lowest BCUT2D eigenvalue weighted by atomic mass is 9.87. The van der Waals surface area contributed by atoms with Gasteiger partial charge in [-0.15, -0.1) is 0 Å². The quantitative estimate of drug-likeness (QED) is 0.527. The van der Waals surface area contributed by atoms with Crippen molar-refractivity contribution < 1.29 is 13.2 Å². The molecule has 34 heavy (non-hydrogen) atoms. The standard InChI is InChI=1S/C27H34N2O4S/c1-5-19-8-13-25-20(15-19)16-21(26(30)28-25)17-29(18-23-7-6-14-33-23)34(31,32)24-11-9-22(10-12-24)27(2,3)4/h8-13,15-16,23H,5-7,14,17-18H2,1-4H3,(H,28,30)/t23-/m1/s1. The van der Waals surface area contributed by atoms with Gasteiger partial charge in [-0.05, 0) is 71.5 Å². The number of rotatable bonds is 7. The minimum Gasteiger partial charge on any atom is -0.377 e. The first-order valence-corrected chi connectivity index (χ1v) is 13.4. The van der Waals surface area contributed by atoms with E-state index in [1.807, 2.05) is 36.4 Å². The summed E-state index contributed by atoms with van der Waals surface area (Å²) < 4.78 is 34.6. The number of benzene rings is 2. The lowest BCUT2D eigenvalue weighted by Crippen LogP contribution is -2.38. The Morgan fingerprint density at radius 2 is 1.82 bits per heavy atom. The molecule has 3 aromatic rings. The molecule has 6 nitrogen and oxygen atoms in total. The van der Waals surface area contributed by atoms with E-state index in [4.69, 9.17) is 4.74 Å².